The average molecular weight is 334 g/mol. The van der Waals surface area contributed by atoms with Crippen molar-refractivity contribution in [3.8, 4) is 5.75 Å². The molecule has 1 aromatic carbocycles. The van der Waals surface area contributed by atoms with E-state index in [1.54, 1.807) is 0 Å². The van der Waals surface area contributed by atoms with Crippen LogP contribution in [0.25, 0.3) is 0 Å². The minimum absolute atomic E-state index is 0.544. The second kappa shape index (κ2) is 6.13. The van der Waals surface area contributed by atoms with Crippen LogP contribution in [0.5, 0.6) is 5.75 Å². The first-order chi connectivity index (χ1) is 9.13. The molecule has 0 spiro atoms. The summed E-state index contributed by atoms with van der Waals surface area (Å²) in [6, 6.07) is 2.53. The molecule has 20 heavy (non-hydrogen) atoms. The highest BCUT2D eigenvalue weighted by Gasteiger charge is 2.40. The Morgan fingerprint density at radius 3 is 2.25 bits per heavy atom. The van der Waals surface area contributed by atoms with Gasteiger partial charge in [-0.2, -0.15) is 25.6 Å². The van der Waals surface area contributed by atoms with Crippen LogP contribution in [0.3, 0.4) is 0 Å². The molecule has 0 radical (unpaired) electrons. The van der Waals surface area contributed by atoms with Crippen LogP contribution < -0.4 is 4.74 Å². The number of hydrogen-bond donors (Lipinski definition) is 0. The summed E-state index contributed by atoms with van der Waals surface area (Å²) in [5.41, 5.74) is -1.48. The van der Waals surface area contributed by atoms with Crippen molar-refractivity contribution >= 4 is 18.4 Å². The van der Waals surface area contributed by atoms with Gasteiger partial charge in [0.15, 0.2) is 0 Å². The van der Waals surface area contributed by atoms with Crippen molar-refractivity contribution in [2.75, 3.05) is 14.2 Å². The third-order valence-electron chi connectivity index (χ3n) is 2.10. The molecule has 0 N–H and O–H groups in total. The lowest BCUT2D eigenvalue weighted by atomic mass is 10.2. The minimum Gasteiger partial charge on any atom is -0.495 e. The number of methoxy groups -OCH3 is 1. The summed E-state index contributed by atoms with van der Waals surface area (Å²) < 4.78 is 85.9. The second-order valence-electron chi connectivity index (χ2n) is 3.33. The third kappa shape index (κ3) is 3.72. The van der Waals surface area contributed by atoms with E-state index in [0.29, 0.717) is 6.07 Å². The number of ether oxygens (including phenoxy) is 1. The molecular formula is C9H10F3O6PS. The molecule has 1 rings (SSSR count). The smallest absolute Gasteiger partial charge is 0.417 e. The summed E-state index contributed by atoms with van der Waals surface area (Å²) in [6.07, 6.45) is -4.96. The minimum atomic E-state index is -4.97. The van der Waals surface area contributed by atoms with Gasteiger partial charge in [0.05, 0.1) is 12.7 Å². The van der Waals surface area contributed by atoms with E-state index in [9.17, 15) is 26.2 Å². The molecule has 0 saturated heterocycles. The molecule has 6 nitrogen and oxygen atoms in total. The quantitative estimate of drug-likeness (QED) is 0.770. The number of benzene rings is 1. The highest BCUT2D eigenvalue weighted by molar-refractivity contribution is 7.89. The van der Waals surface area contributed by atoms with Crippen molar-refractivity contribution in [2.24, 2.45) is 0 Å². The maximum atomic E-state index is 12.8. The van der Waals surface area contributed by atoms with Crippen molar-refractivity contribution in [3.05, 3.63) is 23.8 Å². The van der Waals surface area contributed by atoms with Gasteiger partial charge < -0.3 is 9.26 Å². The fourth-order valence-electron chi connectivity index (χ4n) is 1.32. The Morgan fingerprint density at radius 2 is 1.80 bits per heavy atom. The predicted octanol–water partition coefficient (Wildman–Crippen LogP) is 2.46. The Hall–Kier alpha value is -1.09. The van der Waals surface area contributed by atoms with Crippen molar-refractivity contribution in [2.45, 2.75) is 11.1 Å². The van der Waals surface area contributed by atoms with Crippen LogP contribution in [-0.4, -0.2) is 22.6 Å². The van der Waals surface area contributed by atoms with E-state index in [4.69, 9.17) is 0 Å². The molecule has 1 unspecified atom stereocenters. The SMILES string of the molecule is COc1cccc(C(F)(F)F)c1S(=O)(=O)O[PH](=O)OC. The van der Waals surface area contributed by atoms with Gasteiger partial charge in [-0.3, -0.25) is 4.57 Å². The predicted molar refractivity (Wildman–Crippen MR) is 62.3 cm³/mol. The highest BCUT2D eigenvalue weighted by atomic mass is 32.2. The van der Waals surface area contributed by atoms with Crippen molar-refractivity contribution in [1.29, 1.82) is 0 Å². The summed E-state index contributed by atoms with van der Waals surface area (Å²) in [4.78, 5) is -1.24. The van der Waals surface area contributed by atoms with E-state index in [-0.39, 0.29) is 0 Å². The zero-order valence-electron chi connectivity index (χ0n) is 10.2. The van der Waals surface area contributed by atoms with Crippen molar-refractivity contribution in [3.63, 3.8) is 0 Å². The highest BCUT2D eigenvalue weighted by Crippen LogP contribution is 2.41. The molecular weight excluding hydrogens is 324 g/mol. The summed E-state index contributed by atoms with van der Waals surface area (Å²) in [7, 11) is -6.56. The molecule has 1 atom stereocenters. The molecule has 0 aliphatic rings. The normalized spacial score (nSPS) is 14.1. The topological polar surface area (TPSA) is 78.9 Å². The molecule has 1 aromatic rings. The Morgan fingerprint density at radius 1 is 1.20 bits per heavy atom. The molecule has 0 bridgehead atoms. The van der Waals surface area contributed by atoms with Gasteiger partial charge in [-0.15, -0.1) is 0 Å². The van der Waals surface area contributed by atoms with Crippen LogP contribution in [-0.2, 0) is 29.4 Å². The number of halogens is 3. The van der Waals surface area contributed by atoms with Gasteiger partial charge in [-0.1, -0.05) is 6.07 Å². The molecule has 0 fully saturated rings. The van der Waals surface area contributed by atoms with Gasteiger partial charge in [0.2, 0.25) is 0 Å². The van der Waals surface area contributed by atoms with Crippen LogP contribution in [0.2, 0.25) is 0 Å². The van der Waals surface area contributed by atoms with Gasteiger partial charge >= 0.3 is 24.5 Å². The van der Waals surface area contributed by atoms with E-state index in [2.05, 4.69) is 13.2 Å². The average Bonchev–Trinajstić information content (AvgIpc) is 2.36. The Kier molecular flexibility index (Phi) is 5.20. The first-order valence-electron chi connectivity index (χ1n) is 4.90. The largest absolute Gasteiger partial charge is 0.495 e. The van der Waals surface area contributed by atoms with Gasteiger partial charge in [0.1, 0.15) is 10.6 Å². The van der Waals surface area contributed by atoms with Gasteiger partial charge in [-0.05, 0) is 12.1 Å². The molecule has 0 saturated carbocycles. The van der Waals surface area contributed by atoms with E-state index in [1.807, 2.05) is 0 Å². The molecule has 0 aromatic heterocycles. The lowest BCUT2D eigenvalue weighted by Gasteiger charge is -2.15. The van der Waals surface area contributed by atoms with Crippen LogP contribution in [0.4, 0.5) is 13.2 Å². The molecule has 0 aliphatic carbocycles. The number of alkyl halides is 3. The van der Waals surface area contributed by atoms with Gasteiger partial charge in [0, 0.05) is 7.11 Å². The maximum absolute atomic E-state index is 12.8. The fourth-order valence-corrected chi connectivity index (χ4v) is 3.50. The number of hydrogen-bond acceptors (Lipinski definition) is 6. The Balaban J connectivity index is 3.53. The van der Waals surface area contributed by atoms with Crippen molar-refractivity contribution < 1.29 is 39.4 Å². The lowest BCUT2D eigenvalue weighted by molar-refractivity contribution is -0.140. The van der Waals surface area contributed by atoms with E-state index < -0.39 is 40.8 Å². The first kappa shape index (κ1) is 17.0. The zero-order valence-corrected chi connectivity index (χ0v) is 12.0. The summed E-state index contributed by atoms with van der Waals surface area (Å²) in [6.45, 7) is 0. The molecule has 0 aliphatic heterocycles. The molecule has 0 heterocycles. The van der Waals surface area contributed by atoms with Crippen LogP contribution in [0.1, 0.15) is 5.56 Å². The maximum Gasteiger partial charge on any atom is 0.417 e. The van der Waals surface area contributed by atoms with Crippen LogP contribution >= 0.6 is 8.25 Å². The molecule has 11 heteroatoms. The lowest BCUT2D eigenvalue weighted by Crippen LogP contribution is -2.15. The fraction of sp³-hybridized carbons (Fsp3) is 0.333. The Bertz CT molecular complexity index is 613. The van der Waals surface area contributed by atoms with Crippen molar-refractivity contribution in [1.82, 2.24) is 0 Å². The standard InChI is InChI=1S/C9H10F3O6PS/c1-16-7-5-3-4-6(9(10,11)12)8(7)20(14,15)18-19(13)17-2/h3-5,19H,1-2H3. The first-order valence-corrected chi connectivity index (χ1v) is 7.53. The van der Waals surface area contributed by atoms with E-state index in [1.165, 1.54) is 0 Å². The Labute approximate surface area is 113 Å². The number of rotatable bonds is 5. The van der Waals surface area contributed by atoms with Gasteiger partial charge in [-0.25, -0.2) is 0 Å². The van der Waals surface area contributed by atoms with E-state index >= 15 is 0 Å². The third-order valence-corrected chi connectivity index (χ3v) is 4.78. The molecule has 0 amide bonds. The van der Waals surface area contributed by atoms with Gasteiger partial charge in [0.25, 0.3) is 0 Å². The monoisotopic (exact) mass is 334 g/mol. The summed E-state index contributed by atoms with van der Waals surface area (Å²) >= 11 is 0. The summed E-state index contributed by atoms with van der Waals surface area (Å²) in [5.74, 6) is -0.578. The molecule has 114 valence electrons. The van der Waals surface area contributed by atoms with Crippen LogP contribution in [0.15, 0.2) is 23.1 Å². The second-order valence-corrected chi connectivity index (χ2v) is 6.22. The van der Waals surface area contributed by atoms with E-state index in [0.717, 1.165) is 26.4 Å². The van der Waals surface area contributed by atoms with Crippen LogP contribution in [0, 0.1) is 0 Å². The zero-order chi connectivity index (χ0) is 15.6. The summed E-state index contributed by atoms with van der Waals surface area (Å²) in [5, 5.41) is 0.